The van der Waals surface area contributed by atoms with Crippen LogP contribution in [0.2, 0.25) is 0 Å². The Kier molecular flexibility index (Phi) is 22.1. The van der Waals surface area contributed by atoms with Crippen molar-refractivity contribution in [3.05, 3.63) is 48.4 Å². The summed E-state index contributed by atoms with van der Waals surface area (Å²) in [5.41, 5.74) is 12.0. The average molecular weight is 616 g/mol. The van der Waals surface area contributed by atoms with Crippen LogP contribution in [-0.4, -0.2) is 117 Å². The number of ketones is 1. The lowest BCUT2D eigenvalue weighted by atomic mass is 10.2. The molecule has 0 amide bonds. The number of anilines is 1. The van der Waals surface area contributed by atoms with E-state index in [1.54, 1.807) is 53.1 Å². The van der Waals surface area contributed by atoms with Gasteiger partial charge in [0.1, 0.15) is 30.1 Å². The van der Waals surface area contributed by atoms with Crippen molar-refractivity contribution in [3.8, 4) is 11.5 Å². The molecule has 2 atom stereocenters. The van der Waals surface area contributed by atoms with Crippen molar-refractivity contribution in [1.29, 1.82) is 0 Å². The van der Waals surface area contributed by atoms with Crippen LogP contribution in [-0.2, 0) is 0 Å². The number of aliphatic imine (C=N–C) groups is 2. The van der Waals surface area contributed by atoms with Gasteiger partial charge in [-0.2, -0.15) is 0 Å². The van der Waals surface area contributed by atoms with E-state index >= 15 is 0 Å². The Labute approximate surface area is 262 Å². The van der Waals surface area contributed by atoms with Crippen LogP contribution in [0.5, 0.6) is 0 Å². The minimum Gasteiger partial charge on any atom is -0.396 e. The Bertz CT molecular complexity index is 1240. The highest BCUT2D eigenvalue weighted by Gasteiger charge is 2.13. The van der Waals surface area contributed by atoms with Crippen LogP contribution in [0, 0.1) is 0 Å². The highest BCUT2D eigenvalue weighted by Crippen LogP contribution is 2.20. The van der Waals surface area contributed by atoms with Gasteiger partial charge in [-0.1, -0.05) is 27.0 Å². The first-order valence-electron chi connectivity index (χ1n) is 13.4. The van der Waals surface area contributed by atoms with Crippen LogP contribution in [0.3, 0.4) is 0 Å². The molecule has 0 aliphatic rings. The summed E-state index contributed by atoms with van der Waals surface area (Å²) in [6, 6.07) is 10.8. The number of pyridine rings is 2. The minimum absolute atomic E-state index is 0. The summed E-state index contributed by atoms with van der Waals surface area (Å²) in [5.74, 6) is 1.50. The van der Waals surface area contributed by atoms with Gasteiger partial charge >= 0.3 is 0 Å². The molecule has 246 valence electrons. The van der Waals surface area contributed by atoms with E-state index in [2.05, 4.69) is 30.2 Å². The molecule has 0 radical (unpaired) electrons. The summed E-state index contributed by atoms with van der Waals surface area (Å²) in [7, 11) is 7.44. The lowest BCUT2D eigenvalue weighted by Crippen LogP contribution is -2.15. The maximum absolute atomic E-state index is 11.9. The van der Waals surface area contributed by atoms with Gasteiger partial charge in [-0.3, -0.25) is 9.79 Å². The Morgan fingerprint density at radius 1 is 0.977 bits per heavy atom. The summed E-state index contributed by atoms with van der Waals surface area (Å²) in [5, 5.41) is 25.0. The molecule has 3 heterocycles. The van der Waals surface area contributed by atoms with Gasteiger partial charge < -0.3 is 36.0 Å². The molecule has 6 N–H and O–H groups in total. The van der Waals surface area contributed by atoms with Crippen molar-refractivity contribution in [3.63, 3.8) is 0 Å². The van der Waals surface area contributed by atoms with E-state index in [1.165, 1.54) is 0 Å². The summed E-state index contributed by atoms with van der Waals surface area (Å²) in [4.78, 5) is 32.0. The number of nitrogens with zero attached hydrogens (tertiary/aromatic N) is 9. The second-order valence-electron chi connectivity index (χ2n) is 9.79. The molecule has 0 spiro atoms. The molecule has 0 aliphatic heterocycles. The highest BCUT2D eigenvalue weighted by molar-refractivity contribution is 5.96. The molecule has 3 rings (SSSR count). The number of hydrogen-bond donors (Lipinski definition) is 4. The van der Waals surface area contributed by atoms with E-state index in [0.717, 1.165) is 0 Å². The summed E-state index contributed by atoms with van der Waals surface area (Å²) >= 11 is 0. The third-order valence-electron chi connectivity index (χ3n) is 5.17. The average Bonchev–Trinajstić information content (AvgIpc) is 3.43. The summed E-state index contributed by atoms with van der Waals surface area (Å²) in [6.45, 7) is 4.29. The van der Waals surface area contributed by atoms with Crippen molar-refractivity contribution in [2.24, 2.45) is 15.7 Å². The molecule has 3 aromatic heterocycles. The van der Waals surface area contributed by atoms with Crippen molar-refractivity contribution < 1.29 is 15.0 Å². The molecule has 0 fully saturated rings. The number of nitrogens with two attached hydrogens (primary N) is 2. The first-order chi connectivity index (χ1) is 20.0. The van der Waals surface area contributed by atoms with Gasteiger partial charge in [-0.15, -0.1) is 10.2 Å². The second kappa shape index (κ2) is 23.2. The lowest BCUT2D eigenvalue weighted by molar-refractivity contribution is 0.0997. The fourth-order valence-corrected chi connectivity index (χ4v) is 3.05. The molecule has 0 unspecified atom stereocenters. The first-order valence-corrected chi connectivity index (χ1v) is 13.4. The predicted molar refractivity (Wildman–Crippen MR) is 180 cm³/mol. The van der Waals surface area contributed by atoms with Gasteiger partial charge in [0.25, 0.3) is 0 Å². The van der Waals surface area contributed by atoms with Gasteiger partial charge in [0.15, 0.2) is 11.6 Å². The van der Waals surface area contributed by atoms with Crippen molar-refractivity contribution >= 4 is 30.1 Å². The Morgan fingerprint density at radius 2 is 1.61 bits per heavy atom. The zero-order valence-corrected chi connectivity index (χ0v) is 25.4. The number of carbonyl (C=O) groups is 1. The van der Waals surface area contributed by atoms with Crippen molar-refractivity contribution in [2.75, 3.05) is 53.7 Å². The fraction of sp³-hybridized carbons (Fsp3) is 0.500. The standard InChI is InChI=1S/C13H19N5O.C11H15N5O.C4H11NO.2CH4/c1-17(2)9-14-8-12(19)11-6-5-7-13(16-11)15-10-18(3)4;1-8(5-6-17)16-7-13-15-11(16)9-3-2-4-10(12)14-9;1-4(5)2-3-6;;/h5-7,9-10H,8H2,1-4H3;2-4,7-8,17H,5-6H2,1H3,(H2,12,14);4,6H,2-3,5H2,1H3;2*1H4/t;8-;4-;;/m.11../s1. The number of rotatable bonds is 12. The Balaban J connectivity index is 0. The number of hydrogen-bond acceptors (Lipinski definition) is 11. The third kappa shape index (κ3) is 17.0. The number of aliphatic hydroxyl groups excluding tert-OH is 2. The van der Waals surface area contributed by atoms with E-state index in [4.69, 9.17) is 21.7 Å². The van der Waals surface area contributed by atoms with Gasteiger partial charge in [0.2, 0.25) is 5.78 Å². The van der Waals surface area contributed by atoms with Crippen LogP contribution < -0.4 is 11.5 Å². The molecule has 14 nitrogen and oxygen atoms in total. The van der Waals surface area contributed by atoms with Crippen molar-refractivity contribution in [2.45, 2.75) is 53.6 Å². The van der Waals surface area contributed by atoms with E-state index in [0.29, 0.717) is 41.7 Å². The smallest absolute Gasteiger partial charge is 0.202 e. The number of Topliss-reactive ketones (excluding diaryl/α,β-unsaturated/α-hetero) is 1. The zero-order chi connectivity index (χ0) is 31.5. The van der Waals surface area contributed by atoms with E-state index < -0.39 is 0 Å². The second-order valence-corrected chi connectivity index (χ2v) is 9.79. The number of carbonyl (C=O) groups excluding carboxylic acids is 1. The van der Waals surface area contributed by atoms with Gasteiger partial charge in [0, 0.05) is 53.5 Å². The molecule has 0 aliphatic carbocycles. The molecule has 0 saturated heterocycles. The zero-order valence-electron chi connectivity index (χ0n) is 25.4. The number of aliphatic hydroxyl groups is 2. The third-order valence-corrected chi connectivity index (χ3v) is 5.17. The topological polar surface area (TPSA) is 197 Å². The monoisotopic (exact) mass is 615 g/mol. The molecule has 0 saturated carbocycles. The first kappa shape index (κ1) is 41.9. The Morgan fingerprint density at radius 3 is 2.16 bits per heavy atom. The van der Waals surface area contributed by atoms with Crippen molar-refractivity contribution in [1.82, 2.24) is 34.5 Å². The van der Waals surface area contributed by atoms with E-state index in [1.807, 2.05) is 58.7 Å². The number of nitrogen functional groups attached to an aromatic ring is 1. The van der Waals surface area contributed by atoms with Crippen LogP contribution in [0.25, 0.3) is 11.5 Å². The molecule has 44 heavy (non-hydrogen) atoms. The maximum atomic E-state index is 11.9. The normalized spacial score (nSPS) is 11.7. The highest BCUT2D eigenvalue weighted by atomic mass is 16.3. The van der Waals surface area contributed by atoms with Gasteiger partial charge in [0.05, 0.1) is 12.7 Å². The van der Waals surface area contributed by atoms with Gasteiger partial charge in [-0.25, -0.2) is 15.0 Å². The van der Waals surface area contributed by atoms with Gasteiger partial charge in [-0.05, 0) is 51.0 Å². The SMILES string of the molecule is C.C.CN(C)C=NCC(=O)c1cccc(N=CN(C)C)n1.C[C@@H](N)CCO.C[C@H](CCO)n1cnnc1-c1cccc(N)n1. The molecular formula is C30H53N11O3. The molecule has 0 bridgehead atoms. The Hall–Kier alpha value is -4.27. The largest absolute Gasteiger partial charge is 0.396 e. The molecular weight excluding hydrogens is 562 g/mol. The summed E-state index contributed by atoms with van der Waals surface area (Å²) in [6.07, 6.45) is 6.24. The minimum atomic E-state index is -0.125. The summed E-state index contributed by atoms with van der Waals surface area (Å²) < 4.78 is 1.89. The molecule has 3 aromatic rings. The van der Waals surface area contributed by atoms with Crippen LogP contribution in [0.4, 0.5) is 11.6 Å². The fourth-order valence-electron chi connectivity index (χ4n) is 3.05. The van der Waals surface area contributed by atoms with Crippen LogP contribution in [0.1, 0.15) is 58.1 Å². The quantitative estimate of drug-likeness (QED) is 0.133. The molecule has 14 heteroatoms. The van der Waals surface area contributed by atoms with E-state index in [9.17, 15) is 4.79 Å². The van der Waals surface area contributed by atoms with Crippen LogP contribution in [0.15, 0.2) is 52.7 Å². The molecule has 0 aromatic carbocycles. The number of aromatic nitrogens is 5. The van der Waals surface area contributed by atoms with E-state index in [-0.39, 0.29) is 52.5 Å². The predicted octanol–water partition coefficient (Wildman–Crippen LogP) is 2.93. The lowest BCUT2D eigenvalue weighted by Gasteiger charge is -2.13. The van der Waals surface area contributed by atoms with Crippen LogP contribution >= 0.6 is 0 Å². The maximum Gasteiger partial charge on any atom is 0.202 e.